The van der Waals surface area contributed by atoms with Crippen molar-refractivity contribution in [2.45, 2.75) is 55.9 Å². The van der Waals surface area contributed by atoms with E-state index in [-0.39, 0.29) is 28.8 Å². The number of anilines is 1. The van der Waals surface area contributed by atoms with E-state index in [1.165, 1.54) is 11.3 Å². The van der Waals surface area contributed by atoms with E-state index in [2.05, 4.69) is 20.3 Å². The monoisotopic (exact) mass is 513 g/mol. The first kappa shape index (κ1) is 23.8. The van der Waals surface area contributed by atoms with Gasteiger partial charge in [0, 0.05) is 17.3 Å². The average molecular weight is 514 g/mol. The van der Waals surface area contributed by atoms with Crippen molar-refractivity contribution in [1.29, 1.82) is 5.26 Å². The average Bonchev–Trinajstić information content (AvgIpc) is 3.75. The minimum Gasteiger partial charge on any atom is -0.425 e. The predicted molar refractivity (Wildman–Crippen MR) is 133 cm³/mol. The second-order valence-corrected chi connectivity index (χ2v) is 12.0. The number of rotatable bonds is 8. The molecule has 184 valence electrons. The fourth-order valence-corrected chi connectivity index (χ4v) is 7.18. The molecule has 3 N–H and O–H groups in total. The van der Waals surface area contributed by atoms with Crippen molar-refractivity contribution in [2.75, 3.05) is 11.9 Å². The number of nitriles is 1. The van der Waals surface area contributed by atoms with Gasteiger partial charge in [0.1, 0.15) is 15.6 Å². The van der Waals surface area contributed by atoms with E-state index < -0.39 is 10.0 Å². The van der Waals surface area contributed by atoms with Crippen molar-refractivity contribution in [2.24, 2.45) is 16.8 Å². The Morgan fingerprint density at radius 3 is 2.63 bits per heavy atom. The topological polar surface area (TPSA) is 133 Å². The molecule has 3 aliphatic rings. The summed E-state index contributed by atoms with van der Waals surface area (Å²) in [5.41, 5.74) is 0.695. The van der Waals surface area contributed by atoms with Gasteiger partial charge in [-0.25, -0.2) is 23.4 Å². The maximum absolute atomic E-state index is 13.4. The van der Waals surface area contributed by atoms with Crippen LogP contribution in [0.5, 0.6) is 5.75 Å². The van der Waals surface area contributed by atoms with Crippen LogP contribution >= 0.6 is 11.3 Å². The Morgan fingerprint density at radius 2 is 1.94 bits per heavy atom. The highest BCUT2D eigenvalue weighted by atomic mass is 32.2. The molecule has 1 aromatic carbocycles. The zero-order valence-electron chi connectivity index (χ0n) is 19.1. The van der Waals surface area contributed by atoms with E-state index >= 15 is 0 Å². The smallest absolute Gasteiger partial charge is 0.304 e. The fourth-order valence-electron chi connectivity index (χ4n) is 4.09. The summed E-state index contributed by atoms with van der Waals surface area (Å²) in [5.74, 6) is 0.777. The number of aryl methyl sites for hydroxylation is 1. The quantitative estimate of drug-likeness (QED) is 0.215. The Balaban J connectivity index is 1.42. The Hall–Kier alpha value is -2.94. The van der Waals surface area contributed by atoms with Crippen molar-refractivity contribution in [1.82, 2.24) is 10.0 Å². The number of para-hydroxylation sites is 1. The molecule has 0 aliphatic heterocycles. The first-order chi connectivity index (χ1) is 16.9. The summed E-state index contributed by atoms with van der Waals surface area (Å²) in [6.45, 7) is 0.408. The van der Waals surface area contributed by atoms with Gasteiger partial charge in [0.25, 0.3) is 0 Å². The van der Waals surface area contributed by atoms with Crippen LogP contribution in [0.2, 0.25) is 0 Å². The van der Waals surface area contributed by atoms with Gasteiger partial charge in [0.15, 0.2) is 6.19 Å². The van der Waals surface area contributed by atoms with E-state index in [9.17, 15) is 13.2 Å². The number of amides is 1. The van der Waals surface area contributed by atoms with Crippen LogP contribution in [0.4, 0.5) is 5.00 Å². The zero-order chi connectivity index (χ0) is 24.4. The number of nitrogens with zero attached hydrogens (tertiary/aromatic N) is 2. The molecule has 0 saturated heterocycles. The fraction of sp³-hybridized carbons (Fsp3) is 0.458. The van der Waals surface area contributed by atoms with Gasteiger partial charge in [-0.2, -0.15) is 5.26 Å². The van der Waals surface area contributed by atoms with Crippen molar-refractivity contribution in [3.05, 3.63) is 40.8 Å². The first-order valence-corrected chi connectivity index (χ1v) is 14.1. The first-order valence-electron chi connectivity index (χ1n) is 11.8. The molecule has 3 aliphatic carbocycles. The highest BCUT2D eigenvalue weighted by Gasteiger charge is 2.36. The maximum atomic E-state index is 13.4. The van der Waals surface area contributed by atoms with Crippen LogP contribution < -0.4 is 20.1 Å². The van der Waals surface area contributed by atoms with Crippen molar-refractivity contribution in [3.63, 3.8) is 0 Å². The van der Waals surface area contributed by atoms with Crippen molar-refractivity contribution in [3.8, 4) is 11.9 Å². The van der Waals surface area contributed by atoms with Gasteiger partial charge in [-0.3, -0.25) is 4.79 Å². The molecule has 1 unspecified atom stereocenters. The van der Waals surface area contributed by atoms with Gasteiger partial charge in [0.2, 0.25) is 15.9 Å². The molecule has 1 heterocycles. The summed E-state index contributed by atoms with van der Waals surface area (Å²) >= 11 is 1.35. The van der Waals surface area contributed by atoms with Crippen LogP contribution in [0.25, 0.3) is 0 Å². The number of carbonyl (C=O) groups is 1. The number of nitrogens with one attached hydrogen (secondary N) is 3. The van der Waals surface area contributed by atoms with Gasteiger partial charge in [-0.15, -0.1) is 11.3 Å². The minimum absolute atomic E-state index is 0.0313. The third-order valence-corrected chi connectivity index (χ3v) is 9.19. The molecule has 2 saturated carbocycles. The van der Waals surface area contributed by atoms with Crippen LogP contribution in [0.3, 0.4) is 0 Å². The number of amidine groups is 1. The molecular weight excluding hydrogens is 486 g/mol. The highest BCUT2D eigenvalue weighted by Crippen LogP contribution is 2.43. The van der Waals surface area contributed by atoms with Gasteiger partial charge in [0.05, 0.1) is 6.04 Å². The number of hydrogen-bond acceptors (Lipinski definition) is 7. The van der Waals surface area contributed by atoms with Gasteiger partial charge in [-0.05, 0) is 68.6 Å². The van der Waals surface area contributed by atoms with Gasteiger partial charge < -0.3 is 10.1 Å². The van der Waals surface area contributed by atoms with Crippen molar-refractivity contribution >= 4 is 38.3 Å². The van der Waals surface area contributed by atoms with E-state index in [1.54, 1.807) is 12.1 Å². The highest BCUT2D eigenvalue weighted by molar-refractivity contribution is 7.90. The van der Waals surface area contributed by atoms with Crippen molar-refractivity contribution < 1.29 is 17.9 Å². The van der Waals surface area contributed by atoms with Gasteiger partial charge in [-0.1, -0.05) is 18.2 Å². The molecule has 1 atom stereocenters. The normalized spacial score (nSPS) is 20.0. The number of aliphatic imine (C=N–C) groups is 1. The third kappa shape index (κ3) is 5.83. The summed E-state index contributed by atoms with van der Waals surface area (Å²) in [4.78, 5) is 18.2. The lowest BCUT2D eigenvalue weighted by molar-refractivity contribution is -0.117. The number of ether oxygens (including phenoxy) is 1. The molecule has 1 aromatic heterocycles. The lowest BCUT2D eigenvalue weighted by Gasteiger charge is -2.21. The molecule has 5 rings (SSSR count). The Labute approximate surface area is 208 Å². The number of sulfonamides is 1. The Bertz CT molecular complexity index is 1270. The molecule has 1 amide bonds. The van der Waals surface area contributed by atoms with Crippen LogP contribution in [0.1, 0.15) is 42.5 Å². The maximum Gasteiger partial charge on any atom is 0.304 e. The largest absolute Gasteiger partial charge is 0.425 e. The summed E-state index contributed by atoms with van der Waals surface area (Å²) in [6.07, 6.45) is 7.27. The molecule has 9 nitrogen and oxygen atoms in total. The standard InChI is InChI=1S/C24H27N5O4S2/c25-14-26-24(33-18-4-2-1-3-5-18)28-17-10-11-20-19(12-17)21(35(31,32)27-13-15-6-7-15)23(34-20)29-22(30)16-8-9-16/h1-5,15-17,27H,6-13H2,(H,26,28)(H,29,30). The molecule has 35 heavy (non-hydrogen) atoms. The molecule has 11 heteroatoms. The predicted octanol–water partition coefficient (Wildman–Crippen LogP) is 3.15. The van der Waals surface area contributed by atoms with Crippen LogP contribution in [0.15, 0.2) is 40.2 Å². The SMILES string of the molecule is N#CNC(=NC1CCc2sc(NC(=O)C3CC3)c(S(=O)(=O)NCC3CC3)c2C1)Oc1ccccc1. The lowest BCUT2D eigenvalue weighted by atomic mass is 9.95. The van der Waals surface area contributed by atoms with Crippen LogP contribution in [-0.4, -0.2) is 32.9 Å². The van der Waals surface area contributed by atoms with E-state index in [0.29, 0.717) is 48.0 Å². The summed E-state index contributed by atoms with van der Waals surface area (Å²) in [5, 5.41) is 14.9. The number of thiophene rings is 1. The summed E-state index contributed by atoms with van der Waals surface area (Å²) in [6, 6.07) is 8.82. The van der Waals surface area contributed by atoms with Crippen LogP contribution in [0, 0.1) is 23.3 Å². The van der Waals surface area contributed by atoms with E-state index in [4.69, 9.17) is 10.00 Å². The second kappa shape index (κ2) is 9.97. The molecule has 0 spiro atoms. The number of benzene rings is 1. The number of carbonyl (C=O) groups excluding carboxylic acids is 1. The molecule has 0 bridgehead atoms. The number of fused-ring (bicyclic) bond motifs is 1. The molecule has 2 fully saturated rings. The third-order valence-electron chi connectivity index (χ3n) is 6.32. The molecule has 2 aromatic rings. The minimum atomic E-state index is -3.81. The lowest BCUT2D eigenvalue weighted by Crippen LogP contribution is -2.30. The zero-order valence-corrected chi connectivity index (χ0v) is 20.8. The summed E-state index contributed by atoms with van der Waals surface area (Å²) < 4.78 is 35.3. The van der Waals surface area contributed by atoms with E-state index in [1.807, 2.05) is 24.4 Å². The van der Waals surface area contributed by atoms with Crippen LogP contribution in [-0.2, 0) is 27.7 Å². The Morgan fingerprint density at radius 1 is 1.17 bits per heavy atom. The Kier molecular flexibility index (Phi) is 6.77. The summed E-state index contributed by atoms with van der Waals surface area (Å²) in [7, 11) is -3.81. The number of hydrogen-bond donors (Lipinski definition) is 3. The second-order valence-electron chi connectivity index (χ2n) is 9.20. The van der Waals surface area contributed by atoms with E-state index in [0.717, 1.165) is 30.6 Å². The molecular formula is C24H27N5O4S2. The molecule has 0 radical (unpaired) electrons. The van der Waals surface area contributed by atoms with Gasteiger partial charge >= 0.3 is 6.02 Å².